The number of likely N-dealkylation sites (N-methyl/N-ethyl adjacent to an activating group) is 1. The van der Waals surface area contributed by atoms with Crippen LogP contribution in [0.1, 0.15) is 36.6 Å². The minimum Gasteiger partial charge on any atom is -0.488 e. The van der Waals surface area contributed by atoms with E-state index in [1.54, 1.807) is 29.2 Å². The van der Waals surface area contributed by atoms with E-state index in [1.165, 1.54) is 0 Å². The number of ether oxygens (including phenoxy) is 1. The Kier molecular flexibility index (Phi) is 5.29. The van der Waals surface area contributed by atoms with Crippen LogP contribution in [0.3, 0.4) is 0 Å². The van der Waals surface area contributed by atoms with Crippen molar-refractivity contribution in [3.05, 3.63) is 69.8 Å². The molecule has 0 N–H and O–H groups in total. The zero-order valence-electron chi connectivity index (χ0n) is 14.7. The molecule has 2 aromatic carbocycles. The Morgan fingerprint density at radius 3 is 2.69 bits per heavy atom. The molecule has 5 heteroatoms. The van der Waals surface area contributed by atoms with Gasteiger partial charge in [0.1, 0.15) is 12.4 Å². The van der Waals surface area contributed by atoms with Gasteiger partial charge in [0.2, 0.25) is 0 Å². The molecule has 0 saturated heterocycles. The largest absolute Gasteiger partial charge is 0.488 e. The fourth-order valence-corrected chi connectivity index (χ4v) is 3.25. The molecule has 0 saturated carbocycles. The zero-order chi connectivity index (χ0) is 18.7. The van der Waals surface area contributed by atoms with Gasteiger partial charge in [0.15, 0.2) is 0 Å². The lowest BCUT2D eigenvalue weighted by Crippen LogP contribution is -2.36. The van der Waals surface area contributed by atoms with Crippen LogP contribution in [-0.4, -0.2) is 24.0 Å². The van der Waals surface area contributed by atoms with E-state index in [0.29, 0.717) is 22.7 Å². The molecule has 1 aliphatic heterocycles. The molecule has 0 spiro atoms. The molecule has 26 heavy (non-hydrogen) atoms. The molecule has 1 amide bonds. The molecule has 2 aromatic rings. The van der Waals surface area contributed by atoms with Crippen LogP contribution < -0.4 is 4.74 Å². The van der Waals surface area contributed by atoms with E-state index in [2.05, 4.69) is 6.07 Å². The van der Waals surface area contributed by atoms with Gasteiger partial charge in [-0.25, -0.2) is 0 Å². The molecule has 1 heterocycles. The monoisotopic (exact) mass is 366 g/mol. The Morgan fingerprint density at radius 1 is 1.31 bits per heavy atom. The van der Waals surface area contributed by atoms with Gasteiger partial charge in [0.05, 0.1) is 23.2 Å². The van der Waals surface area contributed by atoms with Crippen LogP contribution >= 0.6 is 11.6 Å². The van der Waals surface area contributed by atoms with Gasteiger partial charge in [-0.1, -0.05) is 23.7 Å². The summed E-state index contributed by atoms with van der Waals surface area (Å²) in [5.41, 5.74) is 3.00. The predicted molar refractivity (Wildman–Crippen MR) is 102 cm³/mol. The highest BCUT2D eigenvalue weighted by molar-refractivity contribution is 6.30. The van der Waals surface area contributed by atoms with Crippen molar-refractivity contribution < 1.29 is 9.53 Å². The molecule has 0 radical (unpaired) electrons. The average Bonchev–Trinajstić information content (AvgIpc) is 2.67. The van der Waals surface area contributed by atoms with Gasteiger partial charge < -0.3 is 9.64 Å². The Hall–Kier alpha value is -2.77. The summed E-state index contributed by atoms with van der Waals surface area (Å²) < 4.78 is 5.71. The number of halogens is 1. The van der Waals surface area contributed by atoms with E-state index in [0.717, 1.165) is 16.9 Å². The first-order valence-electron chi connectivity index (χ1n) is 8.47. The lowest BCUT2D eigenvalue weighted by molar-refractivity contribution is -0.129. The minimum atomic E-state index is -0.109. The topological polar surface area (TPSA) is 53.3 Å². The summed E-state index contributed by atoms with van der Waals surface area (Å²) >= 11 is 6.05. The van der Waals surface area contributed by atoms with Gasteiger partial charge in [0, 0.05) is 17.1 Å². The van der Waals surface area contributed by atoms with Gasteiger partial charge in [-0.15, -0.1) is 0 Å². The molecule has 0 fully saturated rings. The second kappa shape index (κ2) is 7.63. The number of hydrogen-bond donors (Lipinski definition) is 0. The minimum absolute atomic E-state index is 0.0602. The summed E-state index contributed by atoms with van der Waals surface area (Å²) in [5.74, 6) is 0.670. The normalized spacial score (nSPS) is 13.7. The second-order valence-electron chi connectivity index (χ2n) is 6.14. The van der Waals surface area contributed by atoms with Crippen LogP contribution in [0.2, 0.25) is 5.02 Å². The van der Waals surface area contributed by atoms with Crippen LogP contribution in [0, 0.1) is 11.3 Å². The Morgan fingerprint density at radius 2 is 2.04 bits per heavy atom. The summed E-state index contributed by atoms with van der Waals surface area (Å²) in [6.07, 6.45) is 1.85. The zero-order valence-corrected chi connectivity index (χ0v) is 15.5. The van der Waals surface area contributed by atoms with E-state index in [4.69, 9.17) is 21.6 Å². The summed E-state index contributed by atoms with van der Waals surface area (Å²) in [5, 5.41) is 9.54. The average molecular weight is 367 g/mol. The van der Waals surface area contributed by atoms with Crippen molar-refractivity contribution in [1.82, 2.24) is 4.90 Å². The number of fused-ring (bicyclic) bond motifs is 1. The maximum atomic E-state index is 13.1. The first-order chi connectivity index (χ1) is 12.5. The Labute approximate surface area is 158 Å². The third-order valence-electron chi connectivity index (χ3n) is 4.55. The summed E-state index contributed by atoms with van der Waals surface area (Å²) in [6, 6.07) is 14.7. The number of nitrogens with zero attached hydrogens (tertiary/aromatic N) is 2. The number of amides is 1. The van der Waals surface area contributed by atoms with E-state index in [9.17, 15) is 4.79 Å². The van der Waals surface area contributed by atoms with Gasteiger partial charge in [0.25, 0.3) is 5.91 Å². The Bertz CT molecular complexity index is 897. The molecule has 4 nitrogen and oxygen atoms in total. The SMILES string of the molecule is CCN(C(=O)C1=Cc2cc(Cl)ccc2OC1)[C@H](C)c1ccc(C#N)cc1. The van der Waals surface area contributed by atoms with E-state index in [-0.39, 0.29) is 18.6 Å². The Balaban J connectivity index is 1.85. The lowest BCUT2D eigenvalue weighted by Gasteiger charge is -2.30. The number of hydrogen-bond acceptors (Lipinski definition) is 3. The maximum Gasteiger partial charge on any atom is 0.253 e. The highest BCUT2D eigenvalue weighted by Crippen LogP contribution is 2.31. The number of benzene rings is 2. The summed E-state index contributed by atoms with van der Waals surface area (Å²) in [4.78, 5) is 14.9. The molecule has 132 valence electrons. The molecule has 0 aromatic heterocycles. The van der Waals surface area contributed by atoms with Crippen molar-refractivity contribution in [2.24, 2.45) is 0 Å². The van der Waals surface area contributed by atoms with Crippen molar-refractivity contribution in [2.75, 3.05) is 13.2 Å². The summed E-state index contributed by atoms with van der Waals surface area (Å²) in [7, 11) is 0. The van der Waals surface area contributed by atoms with Crippen LogP contribution in [0.5, 0.6) is 5.75 Å². The highest BCUT2D eigenvalue weighted by Gasteiger charge is 2.25. The molecule has 3 rings (SSSR count). The fraction of sp³-hybridized carbons (Fsp3) is 0.238. The number of nitriles is 1. The molecular weight excluding hydrogens is 348 g/mol. The van der Waals surface area contributed by atoms with Crippen molar-refractivity contribution in [3.8, 4) is 11.8 Å². The molecular formula is C21H19ClN2O2. The first-order valence-corrected chi connectivity index (χ1v) is 8.85. The second-order valence-corrected chi connectivity index (χ2v) is 6.58. The number of carbonyl (C=O) groups excluding carboxylic acids is 1. The molecule has 1 aliphatic rings. The van der Waals surface area contributed by atoms with Crippen LogP contribution in [0.4, 0.5) is 0 Å². The maximum absolute atomic E-state index is 13.1. The lowest BCUT2D eigenvalue weighted by atomic mass is 10.0. The van der Waals surface area contributed by atoms with E-state index < -0.39 is 0 Å². The highest BCUT2D eigenvalue weighted by atomic mass is 35.5. The van der Waals surface area contributed by atoms with Crippen LogP contribution in [0.15, 0.2) is 48.0 Å². The van der Waals surface area contributed by atoms with Crippen molar-refractivity contribution in [3.63, 3.8) is 0 Å². The summed E-state index contributed by atoms with van der Waals surface area (Å²) in [6.45, 7) is 4.74. The standard InChI is InChI=1S/C21H19ClN2O2/c1-3-24(14(2)16-6-4-15(12-23)5-7-16)21(25)18-10-17-11-19(22)8-9-20(17)26-13-18/h4-11,14H,3,13H2,1-2H3/t14-/m1/s1. The van der Waals surface area contributed by atoms with Gasteiger partial charge in [-0.3, -0.25) is 4.79 Å². The number of rotatable bonds is 4. The van der Waals surface area contributed by atoms with Gasteiger partial charge in [-0.05, 0) is 55.8 Å². The van der Waals surface area contributed by atoms with Crippen LogP contribution in [0.25, 0.3) is 6.08 Å². The first kappa shape index (κ1) is 18.0. The van der Waals surface area contributed by atoms with Gasteiger partial charge >= 0.3 is 0 Å². The third-order valence-corrected chi connectivity index (χ3v) is 4.79. The van der Waals surface area contributed by atoms with E-state index >= 15 is 0 Å². The number of carbonyl (C=O) groups is 1. The third kappa shape index (κ3) is 3.58. The fourth-order valence-electron chi connectivity index (χ4n) is 3.07. The smallest absolute Gasteiger partial charge is 0.253 e. The molecule has 0 bridgehead atoms. The quantitative estimate of drug-likeness (QED) is 0.794. The molecule has 1 atom stereocenters. The van der Waals surface area contributed by atoms with Crippen molar-refractivity contribution in [1.29, 1.82) is 5.26 Å². The van der Waals surface area contributed by atoms with E-state index in [1.807, 2.05) is 38.1 Å². The van der Waals surface area contributed by atoms with Gasteiger partial charge in [-0.2, -0.15) is 5.26 Å². The molecule has 0 unspecified atom stereocenters. The molecule has 0 aliphatic carbocycles. The van der Waals surface area contributed by atoms with Crippen molar-refractivity contribution >= 4 is 23.6 Å². The van der Waals surface area contributed by atoms with Crippen LogP contribution in [-0.2, 0) is 4.79 Å². The predicted octanol–water partition coefficient (Wildman–Crippen LogP) is 4.60. The van der Waals surface area contributed by atoms with Crippen molar-refractivity contribution in [2.45, 2.75) is 19.9 Å².